The van der Waals surface area contributed by atoms with Crippen LogP contribution in [0.15, 0.2) is 23.6 Å². The molecule has 3 rings (SSSR count). The molecule has 0 spiro atoms. The molecule has 2 atom stereocenters. The van der Waals surface area contributed by atoms with Crippen molar-refractivity contribution >= 4 is 28.3 Å². The quantitative estimate of drug-likeness (QED) is 0.361. The average molecular weight is 362 g/mol. The van der Waals surface area contributed by atoms with Crippen molar-refractivity contribution in [2.45, 2.75) is 25.8 Å². The Hall–Kier alpha value is -2.57. The van der Waals surface area contributed by atoms with E-state index < -0.39 is 11.5 Å². The second-order valence-electron chi connectivity index (χ2n) is 6.53. The van der Waals surface area contributed by atoms with Crippen LogP contribution < -0.4 is 4.74 Å². The van der Waals surface area contributed by atoms with Crippen molar-refractivity contribution in [3.63, 3.8) is 0 Å². The van der Waals surface area contributed by atoms with E-state index in [0.717, 1.165) is 5.39 Å². The van der Waals surface area contributed by atoms with Gasteiger partial charge in [-0.05, 0) is 29.0 Å². The minimum Gasteiger partial charge on any atom is -0.481 e. The van der Waals surface area contributed by atoms with Crippen molar-refractivity contribution in [2.24, 2.45) is 17.0 Å². The Morgan fingerprint density at radius 2 is 2.24 bits per heavy atom. The largest absolute Gasteiger partial charge is 0.481 e. The Morgan fingerprint density at radius 3 is 2.88 bits per heavy atom. The number of halogens is 1. The molecule has 2 aromatic heterocycles. The van der Waals surface area contributed by atoms with E-state index in [1.807, 2.05) is 0 Å². The highest BCUT2D eigenvalue weighted by atomic mass is 35.5. The Morgan fingerprint density at radius 1 is 1.48 bits per heavy atom. The maximum Gasteiger partial charge on any atom is 0.306 e. The van der Waals surface area contributed by atoms with E-state index in [-0.39, 0.29) is 18.4 Å². The Bertz CT molecular complexity index is 895. The molecule has 2 unspecified atom stereocenters. The number of hydrogen-bond donors (Lipinski definition) is 1. The van der Waals surface area contributed by atoms with E-state index >= 15 is 0 Å². The summed E-state index contributed by atoms with van der Waals surface area (Å²) >= 11 is 6.02. The third kappa shape index (κ3) is 3.45. The molecule has 8 nitrogen and oxygen atoms in total. The van der Waals surface area contributed by atoms with Crippen LogP contribution in [0.5, 0.6) is 5.88 Å². The molecule has 1 fully saturated rings. The van der Waals surface area contributed by atoms with Crippen molar-refractivity contribution in [1.82, 2.24) is 9.97 Å². The number of nitrogens with zero attached hydrogens (tertiary/aromatic N) is 5. The third-order valence-electron chi connectivity index (χ3n) is 4.33. The maximum atomic E-state index is 10.9. The topological polar surface area (TPSA) is 121 Å². The molecule has 1 aliphatic carbocycles. The fourth-order valence-corrected chi connectivity index (χ4v) is 2.93. The van der Waals surface area contributed by atoms with Crippen molar-refractivity contribution < 1.29 is 14.6 Å². The smallest absolute Gasteiger partial charge is 0.306 e. The summed E-state index contributed by atoms with van der Waals surface area (Å²) < 4.78 is 5.73. The Labute approximate surface area is 148 Å². The molecule has 0 saturated heterocycles. The number of fused-ring (bicyclic) bond motifs is 1. The van der Waals surface area contributed by atoms with Gasteiger partial charge in [-0.15, -0.1) is 0 Å². The first-order valence-electron chi connectivity index (χ1n) is 7.70. The summed E-state index contributed by atoms with van der Waals surface area (Å²) in [4.78, 5) is 22.2. The van der Waals surface area contributed by atoms with Crippen LogP contribution >= 0.6 is 11.6 Å². The number of rotatable bonds is 6. The molecule has 1 aliphatic rings. The van der Waals surface area contributed by atoms with Crippen molar-refractivity contribution in [3.8, 4) is 5.88 Å². The summed E-state index contributed by atoms with van der Waals surface area (Å²) in [6.45, 7) is 3.83. The van der Waals surface area contributed by atoms with Gasteiger partial charge in [0, 0.05) is 23.2 Å². The second-order valence-corrected chi connectivity index (χ2v) is 6.92. The van der Waals surface area contributed by atoms with Gasteiger partial charge in [-0.25, -0.2) is 9.97 Å². The summed E-state index contributed by atoms with van der Waals surface area (Å²) in [5.41, 5.74) is 8.67. The van der Waals surface area contributed by atoms with Crippen LogP contribution in [0.4, 0.5) is 0 Å². The summed E-state index contributed by atoms with van der Waals surface area (Å²) in [6.07, 6.45) is 3.75. The van der Waals surface area contributed by atoms with E-state index in [9.17, 15) is 4.79 Å². The van der Waals surface area contributed by atoms with E-state index in [1.165, 1.54) is 0 Å². The lowest BCUT2D eigenvalue weighted by Gasteiger charge is -2.21. The highest BCUT2D eigenvalue weighted by Gasteiger charge is 2.43. The van der Waals surface area contributed by atoms with Gasteiger partial charge in [-0.3, -0.25) is 4.79 Å². The lowest BCUT2D eigenvalue weighted by molar-refractivity contribution is -0.138. The van der Waals surface area contributed by atoms with Crippen molar-refractivity contribution in [1.29, 1.82) is 0 Å². The molecule has 0 amide bonds. The molecule has 2 heterocycles. The van der Waals surface area contributed by atoms with Gasteiger partial charge < -0.3 is 9.84 Å². The van der Waals surface area contributed by atoms with E-state index in [0.29, 0.717) is 28.4 Å². The SMILES string of the molecule is CC(C)(N=[N+]=[N-])c1cnc(OCC2CC2C(=O)O)c2cnc(Cl)cc12. The van der Waals surface area contributed by atoms with Crippen LogP contribution in [0.3, 0.4) is 0 Å². The molecular weight excluding hydrogens is 346 g/mol. The van der Waals surface area contributed by atoms with Gasteiger partial charge in [0.1, 0.15) is 5.15 Å². The molecule has 2 aromatic rings. The molecule has 0 aromatic carbocycles. The first-order chi connectivity index (χ1) is 11.8. The Kier molecular flexibility index (Phi) is 4.41. The molecule has 25 heavy (non-hydrogen) atoms. The summed E-state index contributed by atoms with van der Waals surface area (Å²) in [7, 11) is 0. The van der Waals surface area contributed by atoms with Crippen LogP contribution in [0, 0.1) is 11.8 Å². The number of aromatic nitrogens is 2. The van der Waals surface area contributed by atoms with Crippen LogP contribution in [0.25, 0.3) is 21.2 Å². The fraction of sp³-hybridized carbons (Fsp3) is 0.438. The van der Waals surface area contributed by atoms with Gasteiger partial charge in [0.25, 0.3) is 0 Å². The minimum atomic E-state index is -0.825. The zero-order valence-electron chi connectivity index (χ0n) is 13.7. The monoisotopic (exact) mass is 361 g/mol. The van der Waals surface area contributed by atoms with E-state index in [4.69, 9.17) is 27.0 Å². The average Bonchev–Trinajstić information content (AvgIpc) is 3.32. The zero-order chi connectivity index (χ0) is 18.2. The molecule has 0 aliphatic heterocycles. The van der Waals surface area contributed by atoms with Gasteiger partial charge >= 0.3 is 5.97 Å². The normalized spacial score (nSPS) is 19.3. The van der Waals surface area contributed by atoms with Crippen LogP contribution in [-0.4, -0.2) is 27.7 Å². The zero-order valence-corrected chi connectivity index (χ0v) is 14.4. The number of carboxylic acid groups (broad SMARTS) is 1. The predicted molar refractivity (Wildman–Crippen MR) is 91.4 cm³/mol. The lowest BCUT2D eigenvalue weighted by atomic mass is 9.93. The van der Waals surface area contributed by atoms with Gasteiger partial charge in [0.05, 0.1) is 23.4 Å². The highest BCUT2D eigenvalue weighted by molar-refractivity contribution is 6.30. The number of carboxylic acids is 1. The van der Waals surface area contributed by atoms with E-state index in [2.05, 4.69) is 20.0 Å². The Balaban J connectivity index is 1.96. The van der Waals surface area contributed by atoms with E-state index in [1.54, 1.807) is 32.3 Å². The summed E-state index contributed by atoms with van der Waals surface area (Å²) in [6, 6.07) is 1.67. The van der Waals surface area contributed by atoms with Gasteiger partial charge in [0.15, 0.2) is 0 Å². The molecular formula is C16H16ClN5O3. The maximum absolute atomic E-state index is 10.9. The molecule has 1 saturated carbocycles. The minimum absolute atomic E-state index is 0.00563. The van der Waals surface area contributed by atoms with Gasteiger partial charge in [-0.2, -0.15) is 0 Å². The molecule has 0 radical (unpaired) electrons. The number of pyridine rings is 2. The summed E-state index contributed by atoms with van der Waals surface area (Å²) in [5.74, 6) is -0.794. The van der Waals surface area contributed by atoms with Gasteiger partial charge in [0.2, 0.25) is 5.88 Å². The molecule has 0 bridgehead atoms. The lowest BCUT2D eigenvalue weighted by Crippen LogP contribution is -2.15. The van der Waals surface area contributed by atoms with Gasteiger partial charge in [-0.1, -0.05) is 30.6 Å². The second kappa shape index (κ2) is 6.38. The highest BCUT2D eigenvalue weighted by Crippen LogP contribution is 2.40. The first-order valence-corrected chi connectivity index (χ1v) is 8.08. The first kappa shape index (κ1) is 17.3. The number of azide groups is 1. The third-order valence-corrected chi connectivity index (χ3v) is 4.54. The van der Waals surface area contributed by atoms with Crippen molar-refractivity contribution in [2.75, 3.05) is 6.61 Å². The van der Waals surface area contributed by atoms with Crippen LogP contribution in [0.1, 0.15) is 25.8 Å². The molecule has 130 valence electrons. The molecule has 1 N–H and O–H groups in total. The van der Waals surface area contributed by atoms with Crippen LogP contribution in [-0.2, 0) is 10.3 Å². The summed E-state index contributed by atoms with van der Waals surface area (Å²) in [5, 5.41) is 14.5. The molecule has 9 heteroatoms. The predicted octanol–water partition coefficient (Wildman–Crippen LogP) is 3.93. The van der Waals surface area contributed by atoms with Crippen LogP contribution in [0.2, 0.25) is 5.15 Å². The number of carbonyl (C=O) groups is 1. The van der Waals surface area contributed by atoms with Crippen molar-refractivity contribution in [3.05, 3.63) is 39.6 Å². The standard InChI is InChI=1S/C16H16ClN5O3/c1-16(2,21-22-18)12-6-20-14(11-5-19-13(17)4-10(11)12)25-7-8-3-9(8)15(23)24/h4-6,8-9H,3,7H2,1-2H3,(H,23,24). The number of hydrogen-bond acceptors (Lipinski definition) is 5. The fourth-order valence-electron chi connectivity index (χ4n) is 2.77. The number of aliphatic carboxylic acids is 1. The number of ether oxygens (including phenoxy) is 1.